The fraction of sp³-hybridized carbons (Fsp3) is 0.167. The molecule has 5 nitrogen and oxygen atoms in total. The van der Waals surface area contributed by atoms with Gasteiger partial charge >= 0.3 is 5.97 Å². The number of methoxy groups -OCH3 is 1. The van der Waals surface area contributed by atoms with Crippen LogP contribution in [0.4, 0.5) is 0 Å². The van der Waals surface area contributed by atoms with Crippen LogP contribution in [0.1, 0.15) is 27.9 Å². The van der Waals surface area contributed by atoms with Crippen LogP contribution in [0.15, 0.2) is 48.5 Å². The van der Waals surface area contributed by atoms with Gasteiger partial charge in [-0.2, -0.15) is 0 Å². The van der Waals surface area contributed by atoms with Crippen molar-refractivity contribution in [2.75, 3.05) is 7.11 Å². The topological polar surface area (TPSA) is 80.7 Å². The number of ketones is 2. The summed E-state index contributed by atoms with van der Waals surface area (Å²) in [6.07, 6.45) is -0.0571. The molecule has 0 fully saturated rings. The lowest BCUT2D eigenvalue weighted by Gasteiger charge is -2.10. The third-order valence-electron chi connectivity index (χ3n) is 3.38. The highest BCUT2D eigenvalue weighted by Crippen LogP contribution is 2.23. The molecule has 5 heteroatoms. The lowest BCUT2D eigenvalue weighted by atomic mass is 9.98. The molecule has 118 valence electrons. The van der Waals surface area contributed by atoms with Crippen LogP contribution in [-0.2, 0) is 16.0 Å². The standard InChI is InChI=1S/C18H16O5/c1-23-17-8-7-13(9-12-5-3-2-4-6-12)10-14(17)15(19)11-16(20)18(21)22/h2-8,10H,9,11H2,1H3,(H,21,22). The zero-order valence-corrected chi connectivity index (χ0v) is 12.6. The van der Waals surface area contributed by atoms with Gasteiger partial charge in [-0.3, -0.25) is 9.59 Å². The minimum absolute atomic E-state index is 0.218. The first-order valence-electron chi connectivity index (χ1n) is 7.01. The summed E-state index contributed by atoms with van der Waals surface area (Å²) in [6.45, 7) is 0. The van der Waals surface area contributed by atoms with E-state index in [0.29, 0.717) is 12.2 Å². The van der Waals surface area contributed by atoms with E-state index < -0.39 is 24.0 Å². The van der Waals surface area contributed by atoms with Gasteiger partial charge in [0.1, 0.15) is 5.75 Å². The van der Waals surface area contributed by atoms with Crippen molar-refractivity contribution in [3.63, 3.8) is 0 Å². The number of hydrogen-bond donors (Lipinski definition) is 1. The molecule has 0 aliphatic heterocycles. The van der Waals surface area contributed by atoms with Gasteiger partial charge in [-0.05, 0) is 29.7 Å². The van der Waals surface area contributed by atoms with Crippen molar-refractivity contribution in [1.82, 2.24) is 0 Å². The van der Waals surface area contributed by atoms with Gasteiger partial charge in [-0.1, -0.05) is 36.4 Å². The van der Waals surface area contributed by atoms with Crippen molar-refractivity contribution in [2.24, 2.45) is 0 Å². The van der Waals surface area contributed by atoms with E-state index in [1.807, 2.05) is 36.4 Å². The minimum Gasteiger partial charge on any atom is -0.496 e. The zero-order chi connectivity index (χ0) is 16.8. The monoisotopic (exact) mass is 312 g/mol. The van der Waals surface area contributed by atoms with Gasteiger partial charge < -0.3 is 9.84 Å². The number of aliphatic carboxylic acids is 1. The fourth-order valence-electron chi connectivity index (χ4n) is 2.23. The molecule has 2 aromatic rings. The summed E-state index contributed by atoms with van der Waals surface area (Å²) >= 11 is 0. The smallest absolute Gasteiger partial charge is 0.372 e. The largest absolute Gasteiger partial charge is 0.496 e. The Morgan fingerprint density at radius 3 is 2.30 bits per heavy atom. The lowest BCUT2D eigenvalue weighted by molar-refractivity contribution is -0.148. The Labute approximate surface area is 133 Å². The summed E-state index contributed by atoms with van der Waals surface area (Å²) in [7, 11) is 1.42. The van der Waals surface area contributed by atoms with Crippen LogP contribution in [0.25, 0.3) is 0 Å². The molecular weight excluding hydrogens is 296 g/mol. The van der Waals surface area contributed by atoms with Crippen molar-refractivity contribution in [2.45, 2.75) is 12.8 Å². The molecule has 0 aliphatic rings. The number of carboxylic acid groups (broad SMARTS) is 1. The van der Waals surface area contributed by atoms with E-state index >= 15 is 0 Å². The molecule has 1 N–H and O–H groups in total. The first-order chi connectivity index (χ1) is 11.0. The second-order valence-electron chi connectivity index (χ2n) is 5.03. The van der Waals surface area contributed by atoms with Crippen molar-refractivity contribution in [3.8, 4) is 5.75 Å². The summed E-state index contributed by atoms with van der Waals surface area (Å²) in [5.74, 6) is -2.99. The Balaban J connectivity index is 2.26. The average molecular weight is 312 g/mol. The SMILES string of the molecule is COc1ccc(Cc2ccccc2)cc1C(=O)CC(=O)C(=O)O. The molecular formula is C18H16O5. The third-order valence-corrected chi connectivity index (χ3v) is 3.38. The molecule has 0 aromatic heterocycles. The van der Waals surface area contributed by atoms with E-state index in [0.717, 1.165) is 11.1 Å². The van der Waals surface area contributed by atoms with E-state index in [4.69, 9.17) is 9.84 Å². The normalized spacial score (nSPS) is 10.1. The predicted octanol–water partition coefficient (Wildman–Crippen LogP) is 2.51. The number of hydrogen-bond acceptors (Lipinski definition) is 4. The molecule has 0 amide bonds. The second kappa shape index (κ2) is 7.35. The maximum atomic E-state index is 12.2. The molecule has 0 atom stereocenters. The summed E-state index contributed by atoms with van der Waals surface area (Å²) < 4.78 is 5.13. The number of Topliss-reactive ketones (excluding diaryl/α,β-unsaturated/α-hetero) is 2. The van der Waals surface area contributed by atoms with E-state index in [2.05, 4.69) is 0 Å². The molecule has 2 aromatic carbocycles. The summed E-state index contributed by atoms with van der Waals surface area (Å²) in [6, 6.07) is 14.8. The molecule has 0 bridgehead atoms. The highest BCUT2D eigenvalue weighted by Gasteiger charge is 2.20. The predicted molar refractivity (Wildman–Crippen MR) is 83.8 cm³/mol. The van der Waals surface area contributed by atoms with Crippen molar-refractivity contribution in [1.29, 1.82) is 0 Å². The Morgan fingerprint density at radius 1 is 1.00 bits per heavy atom. The Hall–Kier alpha value is -2.95. The van der Waals surface area contributed by atoms with Crippen LogP contribution >= 0.6 is 0 Å². The lowest BCUT2D eigenvalue weighted by Crippen LogP contribution is -2.17. The van der Waals surface area contributed by atoms with E-state index in [-0.39, 0.29) is 5.56 Å². The Bertz CT molecular complexity index is 734. The highest BCUT2D eigenvalue weighted by atomic mass is 16.5. The molecule has 0 saturated carbocycles. The number of rotatable bonds is 7. The zero-order valence-electron chi connectivity index (χ0n) is 12.6. The van der Waals surface area contributed by atoms with Gasteiger partial charge in [0.15, 0.2) is 5.78 Å². The molecule has 0 radical (unpaired) electrons. The first kappa shape index (κ1) is 16.4. The maximum Gasteiger partial charge on any atom is 0.372 e. The number of benzene rings is 2. The van der Waals surface area contributed by atoms with Crippen LogP contribution < -0.4 is 4.74 Å². The van der Waals surface area contributed by atoms with Gasteiger partial charge in [0, 0.05) is 0 Å². The number of carbonyl (C=O) groups excluding carboxylic acids is 2. The molecule has 23 heavy (non-hydrogen) atoms. The molecule has 0 aliphatic carbocycles. The van der Waals surface area contributed by atoms with Gasteiger partial charge in [0.05, 0.1) is 19.1 Å². The quantitative estimate of drug-likeness (QED) is 0.483. The second-order valence-corrected chi connectivity index (χ2v) is 5.03. The maximum absolute atomic E-state index is 12.2. The molecule has 0 spiro atoms. The summed E-state index contributed by atoms with van der Waals surface area (Å²) in [5, 5.41) is 8.62. The fourth-order valence-corrected chi connectivity index (χ4v) is 2.23. The Morgan fingerprint density at radius 2 is 1.70 bits per heavy atom. The van der Waals surface area contributed by atoms with E-state index in [9.17, 15) is 14.4 Å². The van der Waals surface area contributed by atoms with Gasteiger partial charge in [-0.15, -0.1) is 0 Å². The van der Waals surface area contributed by atoms with Gasteiger partial charge in [-0.25, -0.2) is 4.79 Å². The van der Waals surface area contributed by atoms with Crippen LogP contribution in [0, 0.1) is 0 Å². The summed E-state index contributed by atoms with van der Waals surface area (Å²) in [4.78, 5) is 34.0. The molecule has 0 heterocycles. The van der Waals surface area contributed by atoms with Crippen LogP contribution in [0.3, 0.4) is 0 Å². The van der Waals surface area contributed by atoms with Crippen LogP contribution in [-0.4, -0.2) is 29.8 Å². The third kappa shape index (κ3) is 4.26. The van der Waals surface area contributed by atoms with Crippen molar-refractivity contribution < 1.29 is 24.2 Å². The number of carboxylic acids is 1. The van der Waals surface area contributed by atoms with Crippen molar-refractivity contribution in [3.05, 3.63) is 65.2 Å². The first-order valence-corrected chi connectivity index (χ1v) is 7.01. The van der Waals surface area contributed by atoms with Crippen LogP contribution in [0.2, 0.25) is 0 Å². The van der Waals surface area contributed by atoms with Crippen molar-refractivity contribution >= 4 is 17.5 Å². The van der Waals surface area contributed by atoms with E-state index in [1.165, 1.54) is 7.11 Å². The highest BCUT2D eigenvalue weighted by molar-refractivity contribution is 6.37. The van der Waals surface area contributed by atoms with Gasteiger partial charge in [0.2, 0.25) is 5.78 Å². The van der Waals surface area contributed by atoms with Crippen LogP contribution in [0.5, 0.6) is 5.75 Å². The number of ether oxygens (including phenoxy) is 1. The Kier molecular flexibility index (Phi) is 5.25. The van der Waals surface area contributed by atoms with E-state index in [1.54, 1.807) is 12.1 Å². The molecule has 2 rings (SSSR count). The minimum atomic E-state index is -1.61. The molecule has 0 saturated heterocycles. The molecule has 0 unspecified atom stereocenters. The van der Waals surface area contributed by atoms with Gasteiger partial charge in [0.25, 0.3) is 0 Å². The average Bonchev–Trinajstić information content (AvgIpc) is 2.55. The number of carbonyl (C=O) groups is 3. The summed E-state index contributed by atoms with van der Waals surface area (Å²) in [5.41, 5.74) is 2.18.